The molecular weight excluding hydrogens is 444 g/mol. The first-order valence-electron chi connectivity index (χ1n) is 13.1. The molecule has 0 spiro atoms. The van der Waals surface area contributed by atoms with Crippen molar-refractivity contribution in [1.29, 1.82) is 0 Å². The van der Waals surface area contributed by atoms with Gasteiger partial charge in [0.25, 0.3) is 0 Å². The Balaban J connectivity index is 1.72. The Labute approximate surface area is 219 Å². The van der Waals surface area contributed by atoms with E-state index in [4.69, 9.17) is 5.10 Å². The van der Waals surface area contributed by atoms with Crippen LogP contribution in [-0.4, -0.2) is 98.3 Å². The minimum atomic E-state index is 0.857. The number of hydrogen-bond donors (Lipinski definition) is 0. The van der Waals surface area contributed by atoms with E-state index < -0.39 is 0 Å². The van der Waals surface area contributed by atoms with Crippen molar-refractivity contribution >= 4 is 0 Å². The van der Waals surface area contributed by atoms with Crippen LogP contribution < -0.4 is 0 Å². The number of hydrogen-bond acceptors (Lipinski definition) is 5. The lowest BCUT2D eigenvalue weighted by Crippen LogP contribution is -2.23. The summed E-state index contributed by atoms with van der Waals surface area (Å²) in [5.74, 6) is 0. The van der Waals surface area contributed by atoms with Gasteiger partial charge in [-0.25, -0.2) is 4.68 Å². The zero-order valence-electron chi connectivity index (χ0n) is 23.5. The van der Waals surface area contributed by atoms with E-state index in [0.717, 1.165) is 50.5 Å². The summed E-state index contributed by atoms with van der Waals surface area (Å²) < 4.78 is 2.03. The molecule has 2 aromatic carbocycles. The normalized spacial score (nSPS) is 12.0. The molecule has 0 aliphatic heterocycles. The SMILES string of the molecule is CN(C)CCCc1ccc(-c2nn(-c3ccc(CN(C)CCCN(C)C)cc3)cc2CN(C)C)cc1. The summed E-state index contributed by atoms with van der Waals surface area (Å²) in [6, 6.07) is 17.8. The molecule has 0 bridgehead atoms. The molecule has 0 saturated carbocycles. The van der Waals surface area contributed by atoms with Crippen molar-refractivity contribution in [3.05, 3.63) is 71.4 Å². The Morgan fingerprint density at radius 3 is 1.86 bits per heavy atom. The highest BCUT2D eigenvalue weighted by atomic mass is 15.3. The van der Waals surface area contributed by atoms with Crippen LogP contribution in [0.2, 0.25) is 0 Å². The number of aryl methyl sites for hydroxylation is 1. The minimum Gasteiger partial charge on any atom is -0.309 e. The summed E-state index contributed by atoms with van der Waals surface area (Å²) >= 11 is 0. The van der Waals surface area contributed by atoms with Gasteiger partial charge >= 0.3 is 0 Å². The third-order valence-electron chi connectivity index (χ3n) is 6.37. The third kappa shape index (κ3) is 8.86. The van der Waals surface area contributed by atoms with Gasteiger partial charge in [-0.15, -0.1) is 0 Å². The van der Waals surface area contributed by atoms with Gasteiger partial charge in [0.15, 0.2) is 0 Å². The van der Waals surface area contributed by atoms with E-state index in [1.54, 1.807) is 0 Å². The van der Waals surface area contributed by atoms with Gasteiger partial charge in [-0.1, -0.05) is 36.4 Å². The first kappa shape index (κ1) is 28.1. The minimum absolute atomic E-state index is 0.857. The molecule has 0 saturated heterocycles. The van der Waals surface area contributed by atoms with E-state index in [9.17, 15) is 0 Å². The van der Waals surface area contributed by atoms with E-state index >= 15 is 0 Å². The van der Waals surface area contributed by atoms with Crippen LogP contribution in [0.15, 0.2) is 54.7 Å². The molecule has 0 unspecified atom stereocenters. The average Bonchev–Trinajstić information content (AvgIpc) is 3.22. The van der Waals surface area contributed by atoms with Crippen LogP contribution in [0.5, 0.6) is 0 Å². The van der Waals surface area contributed by atoms with E-state index in [1.807, 2.05) is 4.68 Å². The number of rotatable bonds is 14. The van der Waals surface area contributed by atoms with Gasteiger partial charge in [-0.05, 0) is 111 Å². The lowest BCUT2D eigenvalue weighted by Gasteiger charge is -2.18. The standard InChI is InChI=1S/C30H46N6/c1-32(2)19-8-10-25-11-15-27(16-12-25)30-28(23-34(5)6)24-36(31-30)29-17-13-26(14-18-29)22-35(7)21-9-20-33(3)4/h11-18,24H,8-10,19-23H2,1-7H3. The van der Waals surface area contributed by atoms with Crippen LogP contribution in [0, 0.1) is 0 Å². The van der Waals surface area contributed by atoms with E-state index in [1.165, 1.54) is 35.1 Å². The van der Waals surface area contributed by atoms with E-state index in [0.29, 0.717) is 0 Å². The highest BCUT2D eigenvalue weighted by Crippen LogP contribution is 2.25. The fourth-order valence-corrected chi connectivity index (χ4v) is 4.47. The van der Waals surface area contributed by atoms with Crippen molar-refractivity contribution in [2.75, 3.05) is 69.0 Å². The summed E-state index contributed by atoms with van der Waals surface area (Å²) in [6.45, 7) is 5.16. The highest BCUT2D eigenvalue weighted by Gasteiger charge is 2.13. The topological polar surface area (TPSA) is 30.8 Å². The van der Waals surface area contributed by atoms with Gasteiger partial charge in [0.05, 0.1) is 11.4 Å². The average molecular weight is 491 g/mol. The first-order chi connectivity index (χ1) is 17.2. The maximum Gasteiger partial charge on any atom is 0.0972 e. The maximum absolute atomic E-state index is 5.03. The molecule has 196 valence electrons. The molecule has 0 N–H and O–H groups in total. The van der Waals surface area contributed by atoms with E-state index in [-0.39, 0.29) is 0 Å². The van der Waals surface area contributed by atoms with Gasteiger partial charge in [0.2, 0.25) is 0 Å². The largest absolute Gasteiger partial charge is 0.309 e. The fourth-order valence-electron chi connectivity index (χ4n) is 4.47. The smallest absolute Gasteiger partial charge is 0.0972 e. The molecule has 0 amide bonds. The van der Waals surface area contributed by atoms with E-state index in [2.05, 4.69) is 124 Å². The molecule has 6 nitrogen and oxygen atoms in total. The highest BCUT2D eigenvalue weighted by molar-refractivity contribution is 5.63. The van der Waals surface area contributed by atoms with Crippen LogP contribution >= 0.6 is 0 Å². The van der Waals surface area contributed by atoms with Crippen molar-refractivity contribution in [2.24, 2.45) is 0 Å². The molecule has 3 rings (SSSR count). The van der Waals surface area contributed by atoms with Crippen molar-refractivity contribution < 1.29 is 0 Å². The second-order valence-electron chi connectivity index (χ2n) is 10.9. The van der Waals surface area contributed by atoms with Gasteiger partial charge in [0.1, 0.15) is 0 Å². The van der Waals surface area contributed by atoms with Gasteiger partial charge in [-0.2, -0.15) is 5.10 Å². The first-order valence-corrected chi connectivity index (χ1v) is 13.1. The fraction of sp³-hybridized carbons (Fsp3) is 0.500. The predicted molar refractivity (Wildman–Crippen MR) is 153 cm³/mol. The Kier molecular flexibility index (Phi) is 10.7. The Morgan fingerprint density at radius 2 is 1.25 bits per heavy atom. The number of benzene rings is 2. The molecule has 0 aliphatic rings. The molecule has 1 aromatic heterocycles. The van der Waals surface area contributed by atoms with Crippen LogP contribution in [0.1, 0.15) is 29.5 Å². The summed E-state index contributed by atoms with van der Waals surface area (Å²) in [4.78, 5) is 9.08. The van der Waals surface area contributed by atoms with Crippen LogP contribution in [0.3, 0.4) is 0 Å². The second-order valence-corrected chi connectivity index (χ2v) is 10.9. The lowest BCUT2D eigenvalue weighted by molar-refractivity contribution is 0.294. The number of aromatic nitrogens is 2. The predicted octanol–water partition coefficient (Wildman–Crippen LogP) is 4.48. The zero-order valence-corrected chi connectivity index (χ0v) is 23.5. The Bertz CT molecular complexity index is 1030. The van der Waals surface area contributed by atoms with Crippen molar-refractivity contribution in [1.82, 2.24) is 29.4 Å². The molecule has 36 heavy (non-hydrogen) atoms. The molecule has 0 fully saturated rings. The molecule has 0 radical (unpaired) electrons. The Hall–Kier alpha value is -2.51. The zero-order chi connectivity index (χ0) is 26.1. The van der Waals surface area contributed by atoms with Gasteiger partial charge in [-0.3, -0.25) is 0 Å². The Morgan fingerprint density at radius 1 is 0.639 bits per heavy atom. The maximum atomic E-state index is 5.03. The van der Waals surface area contributed by atoms with Crippen LogP contribution in [0.25, 0.3) is 16.9 Å². The molecule has 0 aliphatic carbocycles. The molecule has 0 atom stereocenters. The summed E-state index contributed by atoms with van der Waals surface area (Å²) in [6.07, 6.45) is 5.65. The summed E-state index contributed by atoms with van der Waals surface area (Å²) in [7, 11) is 14.9. The van der Waals surface area contributed by atoms with Crippen LogP contribution in [-0.2, 0) is 19.5 Å². The van der Waals surface area contributed by atoms with Gasteiger partial charge < -0.3 is 19.6 Å². The summed E-state index contributed by atoms with van der Waals surface area (Å²) in [5, 5.41) is 5.03. The lowest BCUT2D eigenvalue weighted by atomic mass is 10.0. The van der Waals surface area contributed by atoms with Crippen molar-refractivity contribution in [3.63, 3.8) is 0 Å². The van der Waals surface area contributed by atoms with Crippen LogP contribution in [0.4, 0.5) is 0 Å². The molecule has 1 heterocycles. The van der Waals surface area contributed by atoms with Crippen molar-refractivity contribution in [2.45, 2.75) is 32.4 Å². The molecular formula is C30H46N6. The van der Waals surface area contributed by atoms with Gasteiger partial charge in [0, 0.05) is 30.4 Å². The molecule has 6 heteroatoms. The summed E-state index contributed by atoms with van der Waals surface area (Å²) in [5.41, 5.74) is 7.30. The monoisotopic (exact) mass is 490 g/mol. The second kappa shape index (κ2) is 13.7. The molecule has 3 aromatic rings. The quantitative estimate of drug-likeness (QED) is 0.333. The number of nitrogens with zero attached hydrogens (tertiary/aromatic N) is 6. The third-order valence-corrected chi connectivity index (χ3v) is 6.37. The van der Waals surface area contributed by atoms with Crippen molar-refractivity contribution in [3.8, 4) is 16.9 Å².